The van der Waals surface area contributed by atoms with Crippen molar-refractivity contribution < 1.29 is 4.74 Å². The first-order valence-corrected chi connectivity index (χ1v) is 7.86. The molecule has 2 N–H and O–H groups in total. The van der Waals surface area contributed by atoms with Crippen LogP contribution in [0.4, 0.5) is 0 Å². The van der Waals surface area contributed by atoms with Crippen LogP contribution in [-0.2, 0) is 6.54 Å². The Hall–Kier alpha value is -0.970. The van der Waals surface area contributed by atoms with Gasteiger partial charge in [0.25, 0.3) is 0 Å². The molecular formula is C15H16BrNOS. The predicted octanol–water partition coefficient (Wildman–Crippen LogP) is 4.08. The Bertz CT molecular complexity index is 519. The molecule has 0 saturated carbocycles. The molecule has 0 aliphatic rings. The van der Waals surface area contributed by atoms with Gasteiger partial charge < -0.3 is 10.5 Å². The summed E-state index contributed by atoms with van der Waals surface area (Å²) in [5, 5.41) is 0. The highest BCUT2D eigenvalue weighted by atomic mass is 79.9. The van der Waals surface area contributed by atoms with Gasteiger partial charge in [-0.25, -0.2) is 0 Å². The average Bonchev–Trinajstić information content (AvgIpc) is 2.46. The van der Waals surface area contributed by atoms with Crippen LogP contribution < -0.4 is 10.5 Å². The molecule has 0 aliphatic carbocycles. The summed E-state index contributed by atoms with van der Waals surface area (Å²) in [5.41, 5.74) is 6.74. The van der Waals surface area contributed by atoms with Gasteiger partial charge in [0.15, 0.2) is 0 Å². The molecule has 100 valence electrons. The van der Waals surface area contributed by atoms with Gasteiger partial charge in [0.05, 0.1) is 6.61 Å². The van der Waals surface area contributed by atoms with E-state index in [1.54, 1.807) is 11.8 Å². The van der Waals surface area contributed by atoms with Crippen molar-refractivity contribution in [1.82, 2.24) is 0 Å². The lowest BCUT2D eigenvalue weighted by Gasteiger charge is -2.10. The topological polar surface area (TPSA) is 35.2 Å². The number of benzene rings is 2. The van der Waals surface area contributed by atoms with Gasteiger partial charge in [-0.15, -0.1) is 11.8 Å². The van der Waals surface area contributed by atoms with E-state index < -0.39 is 0 Å². The van der Waals surface area contributed by atoms with E-state index in [4.69, 9.17) is 10.5 Å². The maximum atomic E-state index is 5.78. The van der Waals surface area contributed by atoms with Crippen molar-refractivity contribution in [2.75, 3.05) is 12.4 Å². The van der Waals surface area contributed by atoms with Crippen LogP contribution in [0.2, 0.25) is 0 Å². The second-order valence-electron chi connectivity index (χ2n) is 3.97. The molecule has 0 bridgehead atoms. The van der Waals surface area contributed by atoms with Crippen molar-refractivity contribution in [2.24, 2.45) is 5.73 Å². The summed E-state index contributed by atoms with van der Waals surface area (Å²) < 4.78 is 6.81. The molecule has 2 aromatic carbocycles. The van der Waals surface area contributed by atoms with Crippen LogP contribution in [0.15, 0.2) is 57.9 Å². The van der Waals surface area contributed by atoms with Gasteiger partial charge >= 0.3 is 0 Å². The number of hydrogen-bond acceptors (Lipinski definition) is 3. The quantitative estimate of drug-likeness (QED) is 0.637. The molecule has 4 heteroatoms. The number of nitrogens with two attached hydrogens (primary N) is 1. The maximum absolute atomic E-state index is 5.78. The summed E-state index contributed by atoms with van der Waals surface area (Å²) in [5.74, 6) is 1.80. The SMILES string of the molecule is NCc1cc(Br)ccc1OCCSc1ccccc1. The van der Waals surface area contributed by atoms with Crippen molar-refractivity contribution >= 4 is 27.7 Å². The molecule has 0 fully saturated rings. The molecule has 0 aliphatic heterocycles. The van der Waals surface area contributed by atoms with Crippen molar-refractivity contribution in [1.29, 1.82) is 0 Å². The van der Waals surface area contributed by atoms with Gasteiger partial charge in [-0.2, -0.15) is 0 Å². The first-order chi connectivity index (χ1) is 9.29. The fourth-order valence-corrected chi connectivity index (χ4v) is 2.84. The predicted molar refractivity (Wildman–Crippen MR) is 84.7 cm³/mol. The van der Waals surface area contributed by atoms with E-state index in [9.17, 15) is 0 Å². The molecule has 2 rings (SSSR count). The highest BCUT2D eigenvalue weighted by Gasteiger charge is 2.03. The minimum absolute atomic E-state index is 0.487. The van der Waals surface area contributed by atoms with E-state index in [0.717, 1.165) is 21.5 Å². The molecule has 0 saturated heterocycles. The van der Waals surface area contributed by atoms with E-state index >= 15 is 0 Å². The molecule has 0 spiro atoms. The minimum Gasteiger partial charge on any atom is -0.492 e. The van der Waals surface area contributed by atoms with Gasteiger partial charge in [-0.3, -0.25) is 0 Å². The van der Waals surface area contributed by atoms with Gasteiger partial charge in [0.2, 0.25) is 0 Å². The molecule has 0 unspecified atom stereocenters. The first-order valence-electron chi connectivity index (χ1n) is 6.09. The lowest BCUT2D eigenvalue weighted by atomic mass is 10.2. The fourth-order valence-electron chi connectivity index (χ4n) is 1.68. The smallest absolute Gasteiger partial charge is 0.123 e. The average molecular weight is 338 g/mol. The zero-order chi connectivity index (χ0) is 13.5. The lowest BCUT2D eigenvalue weighted by Crippen LogP contribution is -2.05. The third kappa shape index (κ3) is 4.56. The van der Waals surface area contributed by atoms with Crippen LogP contribution in [0.1, 0.15) is 5.56 Å². The summed E-state index contributed by atoms with van der Waals surface area (Å²) in [6, 6.07) is 16.3. The molecule has 2 aromatic rings. The summed E-state index contributed by atoms with van der Waals surface area (Å²) in [6.07, 6.45) is 0. The zero-order valence-corrected chi connectivity index (χ0v) is 12.9. The summed E-state index contributed by atoms with van der Waals surface area (Å²) >= 11 is 5.23. The normalized spacial score (nSPS) is 10.4. The molecule has 19 heavy (non-hydrogen) atoms. The highest BCUT2D eigenvalue weighted by molar-refractivity contribution is 9.10. The van der Waals surface area contributed by atoms with Gasteiger partial charge in [-0.05, 0) is 30.3 Å². The highest BCUT2D eigenvalue weighted by Crippen LogP contribution is 2.23. The maximum Gasteiger partial charge on any atom is 0.123 e. The fraction of sp³-hybridized carbons (Fsp3) is 0.200. The monoisotopic (exact) mass is 337 g/mol. The number of rotatable bonds is 6. The zero-order valence-electron chi connectivity index (χ0n) is 10.5. The molecule has 0 atom stereocenters. The van der Waals surface area contributed by atoms with Crippen LogP contribution in [0.3, 0.4) is 0 Å². The van der Waals surface area contributed by atoms with E-state index in [0.29, 0.717) is 13.2 Å². The van der Waals surface area contributed by atoms with Crippen molar-refractivity contribution in [3.63, 3.8) is 0 Å². The van der Waals surface area contributed by atoms with Crippen molar-refractivity contribution in [3.05, 3.63) is 58.6 Å². The second kappa shape index (κ2) is 7.58. The van der Waals surface area contributed by atoms with Crippen molar-refractivity contribution in [2.45, 2.75) is 11.4 Å². The number of halogens is 1. The summed E-state index contributed by atoms with van der Waals surface area (Å²) in [4.78, 5) is 1.26. The van der Waals surface area contributed by atoms with Crippen LogP contribution in [0.5, 0.6) is 5.75 Å². The van der Waals surface area contributed by atoms with Crippen LogP contribution in [0, 0.1) is 0 Å². The molecule has 0 aromatic heterocycles. The summed E-state index contributed by atoms with van der Waals surface area (Å²) in [7, 11) is 0. The third-order valence-electron chi connectivity index (χ3n) is 2.60. The number of hydrogen-bond donors (Lipinski definition) is 1. The standard InChI is InChI=1S/C15H16BrNOS/c16-13-6-7-15(12(10-13)11-17)18-8-9-19-14-4-2-1-3-5-14/h1-7,10H,8-9,11,17H2. The number of thioether (sulfide) groups is 1. The van der Waals surface area contributed by atoms with E-state index in [1.165, 1.54) is 4.90 Å². The largest absolute Gasteiger partial charge is 0.492 e. The van der Waals surface area contributed by atoms with Crippen LogP contribution in [0.25, 0.3) is 0 Å². The Morgan fingerprint density at radius 2 is 1.89 bits per heavy atom. The Morgan fingerprint density at radius 3 is 2.63 bits per heavy atom. The molecule has 0 heterocycles. The van der Waals surface area contributed by atoms with Crippen LogP contribution >= 0.6 is 27.7 Å². The van der Waals surface area contributed by atoms with Crippen molar-refractivity contribution in [3.8, 4) is 5.75 Å². The van der Waals surface area contributed by atoms with Gasteiger partial charge in [-0.1, -0.05) is 34.1 Å². The Balaban J connectivity index is 1.83. The lowest BCUT2D eigenvalue weighted by molar-refractivity contribution is 0.340. The Kier molecular flexibility index (Phi) is 5.76. The molecule has 0 amide bonds. The molecular weight excluding hydrogens is 322 g/mol. The first kappa shape index (κ1) is 14.4. The third-order valence-corrected chi connectivity index (χ3v) is 4.06. The summed E-state index contributed by atoms with van der Waals surface area (Å²) in [6.45, 7) is 1.16. The Labute approximate surface area is 126 Å². The molecule has 2 nitrogen and oxygen atoms in total. The van der Waals surface area contributed by atoms with E-state index in [2.05, 4.69) is 28.1 Å². The van der Waals surface area contributed by atoms with Crippen LogP contribution in [-0.4, -0.2) is 12.4 Å². The molecule has 0 radical (unpaired) electrons. The number of ether oxygens (including phenoxy) is 1. The minimum atomic E-state index is 0.487. The Morgan fingerprint density at radius 1 is 1.11 bits per heavy atom. The van der Waals surface area contributed by atoms with Gasteiger partial charge in [0, 0.05) is 27.2 Å². The van der Waals surface area contributed by atoms with Gasteiger partial charge in [0.1, 0.15) is 5.75 Å². The van der Waals surface area contributed by atoms with E-state index in [-0.39, 0.29) is 0 Å². The van der Waals surface area contributed by atoms with E-state index in [1.807, 2.05) is 36.4 Å². The second-order valence-corrected chi connectivity index (χ2v) is 6.05.